The van der Waals surface area contributed by atoms with Crippen LogP contribution in [0.2, 0.25) is 0 Å². The summed E-state index contributed by atoms with van der Waals surface area (Å²) in [7, 11) is 0.536. The van der Waals surface area contributed by atoms with Crippen molar-refractivity contribution in [1.82, 2.24) is 9.55 Å². The van der Waals surface area contributed by atoms with E-state index in [-0.39, 0.29) is 0 Å². The molecule has 0 fully saturated rings. The third kappa shape index (κ3) is 2.84. The van der Waals surface area contributed by atoms with Crippen LogP contribution in [0.1, 0.15) is 0 Å². The monoisotopic (exact) mass is 328 g/mol. The molecule has 0 bridgehead atoms. The molecule has 0 aliphatic rings. The Morgan fingerprint density at radius 1 is 0.920 bits per heavy atom. The molecular formula is C20H17BN2O2. The van der Waals surface area contributed by atoms with Gasteiger partial charge in [-0.3, -0.25) is 4.57 Å². The zero-order chi connectivity index (χ0) is 17.2. The summed E-state index contributed by atoms with van der Waals surface area (Å²) in [5.74, 6) is 0.867. The molecule has 1 aromatic heterocycles. The molecule has 0 aliphatic carbocycles. The molecule has 122 valence electrons. The fourth-order valence-electron chi connectivity index (χ4n) is 3.02. The van der Waals surface area contributed by atoms with Crippen LogP contribution in [0, 0.1) is 0 Å². The van der Waals surface area contributed by atoms with E-state index >= 15 is 0 Å². The summed E-state index contributed by atoms with van der Waals surface area (Å²) < 4.78 is 7.15. The summed E-state index contributed by atoms with van der Waals surface area (Å²) in [4.78, 5) is 4.82. The standard InChI is InChI=1S/C20H17BN2O2/c1-25-21(24)16-10-7-11-17(14-16)23-19-13-6-5-12-18(19)22-20(23)15-8-3-2-4-9-15/h2-14,24H,1H3. The average molecular weight is 328 g/mol. The van der Waals surface area contributed by atoms with E-state index in [1.807, 2.05) is 78.9 Å². The van der Waals surface area contributed by atoms with E-state index in [9.17, 15) is 5.02 Å². The summed E-state index contributed by atoms with van der Waals surface area (Å²) in [5, 5.41) is 10.0. The molecule has 4 rings (SSSR count). The van der Waals surface area contributed by atoms with E-state index in [4.69, 9.17) is 9.64 Å². The first-order valence-electron chi connectivity index (χ1n) is 8.12. The van der Waals surface area contributed by atoms with Gasteiger partial charge < -0.3 is 9.68 Å². The molecule has 4 nitrogen and oxygen atoms in total. The van der Waals surface area contributed by atoms with Crippen LogP contribution in [-0.4, -0.2) is 28.8 Å². The SMILES string of the molecule is COB(O)c1cccc(-n2c(-c3ccccc3)nc3ccccc32)c1. The van der Waals surface area contributed by atoms with Crippen molar-refractivity contribution in [3.05, 3.63) is 78.9 Å². The fraction of sp³-hybridized carbons (Fsp3) is 0.0500. The molecular weight excluding hydrogens is 311 g/mol. The third-order valence-corrected chi connectivity index (χ3v) is 4.23. The first kappa shape index (κ1) is 15.6. The molecule has 0 aliphatic heterocycles. The van der Waals surface area contributed by atoms with Crippen LogP contribution in [0.4, 0.5) is 0 Å². The zero-order valence-electron chi connectivity index (χ0n) is 13.8. The molecule has 0 spiro atoms. The number of nitrogens with zero attached hydrogens (tertiary/aromatic N) is 2. The Balaban J connectivity index is 1.98. The van der Waals surface area contributed by atoms with Crippen LogP contribution in [0.25, 0.3) is 28.1 Å². The van der Waals surface area contributed by atoms with Crippen LogP contribution < -0.4 is 5.46 Å². The molecule has 0 unspecified atom stereocenters. The molecule has 0 amide bonds. The Morgan fingerprint density at radius 2 is 1.68 bits per heavy atom. The molecule has 5 heteroatoms. The van der Waals surface area contributed by atoms with Crippen molar-refractivity contribution in [2.45, 2.75) is 0 Å². The van der Waals surface area contributed by atoms with Crippen molar-refractivity contribution < 1.29 is 9.68 Å². The van der Waals surface area contributed by atoms with Crippen molar-refractivity contribution in [2.24, 2.45) is 0 Å². The van der Waals surface area contributed by atoms with Crippen molar-refractivity contribution in [1.29, 1.82) is 0 Å². The van der Waals surface area contributed by atoms with Gasteiger partial charge in [0.1, 0.15) is 5.82 Å². The minimum absolute atomic E-state index is 0.705. The summed E-state index contributed by atoms with van der Waals surface area (Å²) in [6.07, 6.45) is 0. The maximum Gasteiger partial charge on any atom is 0.491 e. The molecule has 0 saturated carbocycles. The predicted molar refractivity (Wildman–Crippen MR) is 101 cm³/mol. The number of hydrogen-bond acceptors (Lipinski definition) is 3. The molecule has 3 aromatic carbocycles. The second-order valence-electron chi connectivity index (χ2n) is 5.81. The number of para-hydroxylation sites is 2. The molecule has 1 heterocycles. The van der Waals surface area contributed by atoms with Gasteiger partial charge in [-0.15, -0.1) is 0 Å². The summed E-state index contributed by atoms with van der Waals surface area (Å²) in [6, 6.07) is 25.8. The van der Waals surface area contributed by atoms with Gasteiger partial charge in [0, 0.05) is 18.4 Å². The molecule has 0 atom stereocenters. The van der Waals surface area contributed by atoms with E-state index in [0.29, 0.717) is 5.46 Å². The van der Waals surface area contributed by atoms with E-state index < -0.39 is 7.12 Å². The van der Waals surface area contributed by atoms with Crippen molar-refractivity contribution in [2.75, 3.05) is 7.11 Å². The fourth-order valence-corrected chi connectivity index (χ4v) is 3.02. The molecule has 4 aromatic rings. The summed E-state index contributed by atoms with van der Waals surface area (Å²) in [6.45, 7) is 0. The maximum absolute atomic E-state index is 10.0. The Hall–Kier alpha value is -2.89. The van der Waals surface area contributed by atoms with E-state index in [2.05, 4.69) is 4.57 Å². The Bertz CT molecular complexity index is 1010. The molecule has 0 radical (unpaired) electrons. The number of imidazole rings is 1. The number of fused-ring (bicyclic) bond motifs is 1. The first-order chi connectivity index (χ1) is 12.3. The second kappa shape index (κ2) is 6.55. The maximum atomic E-state index is 10.0. The quantitative estimate of drug-likeness (QED) is 0.586. The Kier molecular flexibility index (Phi) is 4.10. The summed E-state index contributed by atoms with van der Waals surface area (Å²) >= 11 is 0. The normalized spacial score (nSPS) is 11.0. The van der Waals surface area contributed by atoms with E-state index in [1.165, 1.54) is 7.11 Å². The van der Waals surface area contributed by atoms with Gasteiger partial charge in [-0.25, -0.2) is 4.98 Å². The largest absolute Gasteiger partial charge is 0.491 e. The second-order valence-corrected chi connectivity index (χ2v) is 5.81. The number of rotatable bonds is 4. The highest BCUT2D eigenvalue weighted by molar-refractivity contribution is 6.60. The third-order valence-electron chi connectivity index (χ3n) is 4.23. The highest BCUT2D eigenvalue weighted by Gasteiger charge is 2.18. The van der Waals surface area contributed by atoms with Gasteiger partial charge in [0.25, 0.3) is 0 Å². The van der Waals surface area contributed by atoms with Crippen LogP contribution in [0.3, 0.4) is 0 Å². The summed E-state index contributed by atoms with van der Waals surface area (Å²) in [5.41, 5.74) is 4.62. The van der Waals surface area contributed by atoms with Crippen LogP contribution in [0.5, 0.6) is 0 Å². The van der Waals surface area contributed by atoms with Gasteiger partial charge in [-0.05, 0) is 29.7 Å². The minimum atomic E-state index is -0.949. The van der Waals surface area contributed by atoms with Gasteiger partial charge in [-0.1, -0.05) is 54.6 Å². The molecule has 0 saturated heterocycles. The molecule has 25 heavy (non-hydrogen) atoms. The smallest absolute Gasteiger partial charge is 0.423 e. The van der Waals surface area contributed by atoms with Crippen LogP contribution in [-0.2, 0) is 4.65 Å². The van der Waals surface area contributed by atoms with E-state index in [0.717, 1.165) is 28.1 Å². The molecule has 1 N–H and O–H groups in total. The van der Waals surface area contributed by atoms with Gasteiger partial charge >= 0.3 is 7.12 Å². The van der Waals surface area contributed by atoms with Crippen molar-refractivity contribution in [3.8, 4) is 17.1 Å². The Morgan fingerprint density at radius 3 is 2.48 bits per heavy atom. The lowest BCUT2D eigenvalue weighted by Gasteiger charge is -2.12. The lowest BCUT2D eigenvalue weighted by molar-refractivity contribution is 0.341. The zero-order valence-corrected chi connectivity index (χ0v) is 13.8. The van der Waals surface area contributed by atoms with Gasteiger partial charge in [0.05, 0.1) is 11.0 Å². The number of hydrogen-bond donors (Lipinski definition) is 1. The van der Waals surface area contributed by atoms with Crippen molar-refractivity contribution >= 4 is 23.6 Å². The van der Waals surface area contributed by atoms with E-state index in [1.54, 1.807) is 0 Å². The average Bonchev–Trinajstić information content (AvgIpc) is 3.07. The van der Waals surface area contributed by atoms with Gasteiger partial charge in [-0.2, -0.15) is 0 Å². The van der Waals surface area contributed by atoms with Crippen LogP contribution >= 0.6 is 0 Å². The topological polar surface area (TPSA) is 47.3 Å². The highest BCUT2D eigenvalue weighted by Crippen LogP contribution is 2.28. The minimum Gasteiger partial charge on any atom is -0.423 e. The Labute approximate surface area is 146 Å². The van der Waals surface area contributed by atoms with Gasteiger partial charge in [0.15, 0.2) is 0 Å². The number of aromatic nitrogens is 2. The lowest BCUT2D eigenvalue weighted by Crippen LogP contribution is -2.32. The lowest BCUT2D eigenvalue weighted by atomic mass is 9.79. The van der Waals surface area contributed by atoms with Gasteiger partial charge in [0.2, 0.25) is 0 Å². The van der Waals surface area contributed by atoms with Crippen LogP contribution in [0.15, 0.2) is 78.9 Å². The first-order valence-corrected chi connectivity index (χ1v) is 8.12. The highest BCUT2D eigenvalue weighted by atomic mass is 16.5. The van der Waals surface area contributed by atoms with Crippen molar-refractivity contribution in [3.63, 3.8) is 0 Å². The number of benzene rings is 3. The predicted octanol–water partition coefficient (Wildman–Crippen LogP) is 3.03.